The van der Waals surface area contributed by atoms with E-state index in [2.05, 4.69) is 21.0 Å². The third-order valence-corrected chi connectivity index (χ3v) is 3.26. The number of nitrogens with two attached hydrogens (primary N) is 1. The number of aryl methyl sites for hydroxylation is 2. The molecule has 0 unspecified atom stereocenters. The molecule has 0 atom stereocenters. The zero-order valence-corrected chi connectivity index (χ0v) is 11.9. The fourth-order valence-corrected chi connectivity index (χ4v) is 2.39. The second-order valence-corrected chi connectivity index (χ2v) is 5.01. The average Bonchev–Trinajstić information content (AvgIpc) is 2.66. The van der Waals surface area contributed by atoms with Crippen molar-refractivity contribution in [2.75, 3.05) is 5.73 Å². The molecule has 2 rings (SSSR count). The molecule has 0 bridgehead atoms. The molecule has 0 aliphatic heterocycles. The van der Waals surface area contributed by atoms with Crippen LogP contribution in [0.1, 0.15) is 18.3 Å². The molecule has 2 aromatic heterocycles. The molecule has 5 nitrogen and oxygen atoms in total. The van der Waals surface area contributed by atoms with Crippen molar-refractivity contribution < 1.29 is 0 Å². The number of aromatic nitrogens is 3. The number of anilines is 1. The van der Waals surface area contributed by atoms with Crippen molar-refractivity contribution >= 4 is 21.6 Å². The lowest BCUT2D eigenvalue weighted by molar-refractivity contribution is 0.596. The van der Waals surface area contributed by atoms with Crippen LogP contribution < -0.4 is 11.2 Å². The van der Waals surface area contributed by atoms with Crippen molar-refractivity contribution in [2.45, 2.75) is 26.9 Å². The minimum absolute atomic E-state index is 0.175. The quantitative estimate of drug-likeness (QED) is 0.939. The van der Waals surface area contributed by atoms with Crippen molar-refractivity contribution in [2.24, 2.45) is 0 Å². The Labute approximate surface area is 113 Å². The molecule has 2 N–H and O–H groups in total. The molecule has 18 heavy (non-hydrogen) atoms. The summed E-state index contributed by atoms with van der Waals surface area (Å²) in [5.41, 5.74) is 7.80. The highest BCUT2D eigenvalue weighted by molar-refractivity contribution is 9.10. The Morgan fingerprint density at radius 2 is 2.17 bits per heavy atom. The third kappa shape index (κ3) is 2.48. The van der Waals surface area contributed by atoms with Crippen molar-refractivity contribution in [3.63, 3.8) is 0 Å². The van der Waals surface area contributed by atoms with Crippen molar-refractivity contribution in [1.29, 1.82) is 0 Å². The van der Waals surface area contributed by atoms with Gasteiger partial charge in [-0.1, -0.05) is 0 Å². The van der Waals surface area contributed by atoms with E-state index in [1.54, 1.807) is 12.4 Å². The molecule has 0 radical (unpaired) electrons. The fraction of sp³-hybridized carbons (Fsp3) is 0.333. The van der Waals surface area contributed by atoms with E-state index in [1.165, 1.54) is 0 Å². The molecule has 0 aliphatic carbocycles. The first-order valence-corrected chi connectivity index (χ1v) is 6.49. The Balaban J connectivity index is 2.37. The van der Waals surface area contributed by atoms with Gasteiger partial charge in [-0.25, -0.2) is 0 Å². The summed E-state index contributed by atoms with van der Waals surface area (Å²) in [7, 11) is 0. The maximum atomic E-state index is 11.5. The molecular formula is C12H15BrN4O. The van der Waals surface area contributed by atoms with E-state index in [0.29, 0.717) is 11.0 Å². The van der Waals surface area contributed by atoms with Gasteiger partial charge < -0.3 is 10.3 Å². The summed E-state index contributed by atoms with van der Waals surface area (Å²) in [6.07, 6.45) is 3.39. The number of nitrogen functional groups attached to an aromatic ring is 1. The van der Waals surface area contributed by atoms with Gasteiger partial charge in [0.25, 0.3) is 0 Å². The van der Waals surface area contributed by atoms with Gasteiger partial charge in [-0.2, -0.15) is 5.10 Å². The first kappa shape index (κ1) is 12.9. The van der Waals surface area contributed by atoms with Crippen LogP contribution in [0.3, 0.4) is 0 Å². The molecule has 0 fully saturated rings. The van der Waals surface area contributed by atoms with Crippen LogP contribution in [0.4, 0.5) is 5.69 Å². The number of nitrogens with zero attached hydrogens (tertiary/aromatic N) is 3. The largest absolute Gasteiger partial charge is 0.394 e. The van der Waals surface area contributed by atoms with Gasteiger partial charge in [0.15, 0.2) is 0 Å². The standard InChI is InChI=1S/C12H15BrN4O/c1-3-17-9(4-8(2)15-17)5-16-6-10(13)12(18)11(14)7-16/h4,6-7H,3,5,14H2,1-2H3. The monoisotopic (exact) mass is 310 g/mol. The van der Waals surface area contributed by atoms with Crippen LogP contribution in [0, 0.1) is 6.92 Å². The van der Waals surface area contributed by atoms with Crippen molar-refractivity contribution in [1.82, 2.24) is 14.3 Å². The van der Waals surface area contributed by atoms with Crippen molar-refractivity contribution in [3.05, 3.63) is 44.5 Å². The summed E-state index contributed by atoms with van der Waals surface area (Å²) in [5, 5.41) is 4.39. The normalized spacial score (nSPS) is 10.8. The smallest absolute Gasteiger partial charge is 0.218 e. The van der Waals surface area contributed by atoms with Crippen LogP contribution in [0.2, 0.25) is 0 Å². The Morgan fingerprint density at radius 3 is 2.78 bits per heavy atom. The average molecular weight is 311 g/mol. The minimum atomic E-state index is -0.175. The molecule has 96 valence electrons. The lowest BCUT2D eigenvalue weighted by Crippen LogP contribution is -2.15. The highest BCUT2D eigenvalue weighted by Gasteiger charge is 2.07. The second-order valence-electron chi connectivity index (χ2n) is 4.16. The number of halogens is 1. The summed E-state index contributed by atoms with van der Waals surface area (Å²) in [6.45, 7) is 5.47. The first-order chi connectivity index (χ1) is 8.51. The van der Waals surface area contributed by atoms with E-state index in [0.717, 1.165) is 17.9 Å². The van der Waals surface area contributed by atoms with Crippen LogP contribution >= 0.6 is 15.9 Å². The molecule has 6 heteroatoms. The lowest BCUT2D eigenvalue weighted by atomic mass is 10.3. The summed E-state index contributed by atoms with van der Waals surface area (Å²) in [5.74, 6) is 0. The second kappa shape index (κ2) is 4.97. The van der Waals surface area contributed by atoms with E-state index in [9.17, 15) is 4.79 Å². The van der Waals surface area contributed by atoms with Gasteiger partial charge in [0, 0.05) is 18.9 Å². The molecule has 0 amide bonds. The van der Waals surface area contributed by atoms with E-state index in [-0.39, 0.29) is 11.1 Å². The molecule has 2 heterocycles. The highest BCUT2D eigenvalue weighted by atomic mass is 79.9. The van der Waals surface area contributed by atoms with Gasteiger partial charge in [-0.15, -0.1) is 0 Å². The molecule has 0 saturated carbocycles. The number of pyridine rings is 1. The third-order valence-electron chi connectivity index (χ3n) is 2.69. The topological polar surface area (TPSA) is 65.8 Å². The van der Waals surface area contributed by atoms with E-state index >= 15 is 0 Å². The van der Waals surface area contributed by atoms with E-state index < -0.39 is 0 Å². The van der Waals surface area contributed by atoms with E-state index in [4.69, 9.17) is 5.73 Å². The molecule has 0 spiro atoms. The number of rotatable bonds is 3. The Hall–Kier alpha value is -1.56. The predicted molar refractivity (Wildman–Crippen MR) is 74.6 cm³/mol. The Kier molecular flexibility index (Phi) is 3.56. The van der Waals surface area contributed by atoms with Crippen LogP contribution in [0.25, 0.3) is 0 Å². The van der Waals surface area contributed by atoms with Crippen LogP contribution in [-0.4, -0.2) is 14.3 Å². The van der Waals surface area contributed by atoms with Gasteiger partial charge >= 0.3 is 0 Å². The number of hydrogen-bond donors (Lipinski definition) is 1. The minimum Gasteiger partial charge on any atom is -0.394 e. The summed E-state index contributed by atoms with van der Waals surface area (Å²) in [6, 6.07) is 2.03. The fourth-order valence-electron chi connectivity index (χ4n) is 1.90. The SMILES string of the molecule is CCn1nc(C)cc1Cn1cc(N)c(=O)c(Br)c1. The van der Waals surface area contributed by atoms with Gasteiger partial charge in [0.1, 0.15) is 0 Å². The Bertz CT molecular complexity index is 603. The summed E-state index contributed by atoms with van der Waals surface area (Å²) in [4.78, 5) is 11.5. The zero-order valence-electron chi connectivity index (χ0n) is 10.4. The molecular weight excluding hydrogens is 296 g/mol. The maximum Gasteiger partial charge on any atom is 0.218 e. The molecule has 0 aliphatic rings. The Morgan fingerprint density at radius 1 is 1.44 bits per heavy atom. The molecule has 0 saturated heterocycles. The highest BCUT2D eigenvalue weighted by Crippen LogP contribution is 2.10. The molecule has 2 aromatic rings. The number of hydrogen-bond acceptors (Lipinski definition) is 3. The van der Waals surface area contributed by atoms with Crippen LogP contribution in [-0.2, 0) is 13.1 Å². The lowest BCUT2D eigenvalue weighted by Gasteiger charge is -2.09. The van der Waals surface area contributed by atoms with E-state index in [1.807, 2.05) is 29.2 Å². The van der Waals surface area contributed by atoms with Crippen LogP contribution in [0.5, 0.6) is 0 Å². The zero-order chi connectivity index (χ0) is 13.3. The van der Waals surface area contributed by atoms with Crippen molar-refractivity contribution in [3.8, 4) is 0 Å². The van der Waals surface area contributed by atoms with Gasteiger partial charge in [-0.3, -0.25) is 9.48 Å². The first-order valence-electron chi connectivity index (χ1n) is 5.69. The maximum absolute atomic E-state index is 11.5. The molecule has 0 aromatic carbocycles. The van der Waals surface area contributed by atoms with Gasteiger partial charge in [-0.05, 0) is 35.8 Å². The van der Waals surface area contributed by atoms with Gasteiger partial charge in [0.2, 0.25) is 5.43 Å². The van der Waals surface area contributed by atoms with Crippen LogP contribution in [0.15, 0.2) is 27.7 Å². The van der Waals surface area contributed by atoms with Gasteiger partial charge in [0.05, 0.1) is 28.1 Å². The summed E-state index contributed by atoms with van der Waals surface area (Å²) < 4.78 is 4.29. The predicted octanol–water partition coefficient (Wildman–Crippen LogP) is 1.77. The summed E-state index contributed by atoms with van der Waals surface area (Å²) >= 11 is 3.22.